The third-order valence-electron chi connectivity index (χ3n) is 6.33. The van der Waals surface area contributed by atoms with Crippen LogP contribution in [0.4, 0.5) is 4.79 Å². The summed E-state index contributed by atoms with van der Waals surface area (Å²) in [6.07, 6.45) is 8.03. The standard InChI is InChI=1S/C20H27NO3/c22-19(24-14-15-6-2-1-3-7-15)21-17-10-11-18(21)13-20(23,12-17)16-8-4-5-9-16/h1-3,6-7,16-18,23H,4-5,8-14H2. The van der Waals surface area contributed by atoms with Gasteiger partial charge in [0, 0.05) is 12.1 Å². The highest BCUT2D eigenvalue weighted by molar-refractivity contribution is 5.69. The first-order valence-corrected chi connectivity index (χ1v) is 9.37. The minimum atomic E-state index is -0.557. The van der Waals surface area contributed by atoms with E-state index in [0.717, 1.165) is 44.1 Å². The number of carbonyl (C=O) groups excluding carboxylic acids is 1. The first kappa shape index (κ1) is 15.9. The molecule has 4 nitrogen and oxygen atoms in total. The predicted molar refractivity (Wildman–Crippen MR) is 91.4 cm³/mol. The first-order chi connectivity index (χ1) is 11.7. The summed E-state index contributed by atoms with van der Waals surface area (Å²) >= 11 is 0. The van der Waals surface area contributed by atoms with Crippen LogP contribution in [0.5, 0.6) is 0 Å². The summed E-state index contributed by atoms with van der Waals surface area (Å²) in [4.78, 5) is 14.5. The van der Waals surface area contributed by atoms with E-state index >= 15 is 0 Å². The topological polar surface area (TPSA) is 49.8 Å². The Bertz CT molecular complexity index is 568. The molecule has 1 aromatic rings. The van der Waals surface area contributed by atoms with E-state index in [1.54, 1.807) is 0 Å². The summed E-state index contributed by atoms with van der Waals surface area (Å²) in [5, 5.41) is 11.2. The summed E-state index contributed by atoms with van der Waals surface area (Å²) in [6.45, 7) is 0.322. The Labute approximate surface area is 143 Å². The van der Waals surface area contributed by atoms with E-state index in [1.807, 2.05) is 35.2 Å². The molecule has 4 rings (SSSR count). The van der Waals surface area contributed by atoms with Crippen LogP contribution < -0.4 is 0 Å². The molecule has 1 amide bonds. The first-order valence-electron chi connectivity index (χ1n) is 9.37. The minimum Gasteiger partial charge on any atom is -0.445 e. The van der Waals surface area contributed by atoms with Gasteiger partial charge >= 0.3 is 6.09 Å². The van der Waals surface area contributed by atoms with Gasteiger partial charge in [-0.2, -0.15) is 0 Å². The van der Waals surface area contributed by atoms with Gasteiger partial charge in [-0.3, -0.25) is 0 Å². The van der Waals surface area contributed by atoms with Gasteiger partial charge in [-0.05, 0) is 50.0 Å². The Kier molecular flexibility index (Phi) is 4.25. The molecule has 3 fully saturated rings. The molecule has 3 aliphatic rings. The zero-order valence-electron chi connectivity index (χ0n) is 14.2. The summed E-state index contributed by atoms with van der Waals surface area (Å²) < 4.78 is 5.55. The third-order valence-corrected chi connectivity index (χ3v) is 6.33. The van der Waals surface area contributed by atoms with Gasteiger partial charge in [-0.1, -0.05) is 43.2 Å². The second-order valence-electron chi connectivity index (χ2n) is 7.83. The highest BCUT2D eigenvalue weighted by atomic mass is 16.6. The number of aliphatic hydroxyl groups is 1. The molecule has 0 spiro atoms. The van der Waals surface area contributed by atoms with Crippen LogP contribution in [-0.4, -0.2) is 33.8 Å². The lowest BCUT2D eigenvalue weighted by Crippen LogP contribution is -2.55. The molecule has 1 aromatic carbocycles. The molecule has 2 bridgehead atoms. The number of nitrogens with zero attached hydrogens (tertiary/aromatic N) is 1. The van der Waals surface area contributed by atoms with E-state index in [2.05, 4.69) is 0 Å². The van der Waals surface area contributed by atoms with Gasteiger partial charge in [0.25, 0.3) is 0 Å². The van der Waals surface area contributed by atoms with E-state index in [0.29, 0.717) is 12.5 Å². The lowest BCUT2D eigenvalue weighted by atomic mass is 9.75. The lowest BCUT2D eigenvalue weighted by Gasteiger charge is -2.46. The molecule has 1 N–H and O–H groups in total. The molecule has 1 aliphatic carbocycles. The number of hydrogen-bond acceptors (Lipinski definition) is 3. The van der Waals surface area contributed by atoms with Crippen molar-refractivity contribution in [2.75, 3.05) is 0 Å². The monoisotopic (exact) mass is 329 g/mol. The number of benzene rings is 1. The highest BCUT2D eigenvalue weighted by Gasteiger charge is 2.52. The number of fused-ring (bicyclic) bond motifs is 2. The van der Waals surface area contributed by atoms with Gasteiger partial charge in [0.05, 0.1) is 5.60 Å². The normalized spacial score (nSPS) is 33.0. The van der Waals surface area contributed by atoms with Crippen LogP contribution in [0.2, 0.25) is 0 Å². The molecule has 2 heterocycles. The van der Waals surface area contributed by atoms with E-state index in [9.17, 15) is 9.90 Å². The summed E-state index contributed by atoms with van der Waals surface area (Å²) in [7, 11) is 0. The SMILES string of the molecule is O=C(OCc1ccccc1)N1C2CCC1CC(O)(C1CCCC1)C2. The minimum absolute atomic E-state index is 0.151. The number of rotatable bonds is 3. The van der Waals surface area contributed by atoms with Crippen LogP contribution in [0.1, 0.15) is 56.9 Å². The molecule has 2 unspecified atom stereocenters. The molecule has 0 aromatic heterocycles. The van der Waals surface area contributed by atoms with E-state index < -0.39 is 5.60 Å². The average molecular weight is 329 g/mol. The molecule has 24 heavy (non-hydrogen) atoms. The van der Waals surface area contributed by atoms with Crippen LogP contribution in [0, 0.1) is 5.92 Å². The zero-order chi connectivity index (χ0) is 16.6. The number of piperidine rings is 1. The third kappa shape index (κ3) is 2.92. The number of carbonyl (C=O) groups is 1. The van der Waals surface area contributed by atoms with Gasteiger partial charge < -0.3 is 14.7 Å². The van der Waals surface area contributed by atoms with Crippen molar-refractivity contribution in [1.82, 2.24) is 4.90 Å². The fourth-order valence-corrected chi connectivity index (χ4v) is 5.15. The van der Waals surface area contributed by atoms with Crippen molar-refractivity contribution in [3.05, 3.63) is 35.9 Å². The lowest BCUT2D eigenvalue weighted by molar-refractivity contribution is -0.0856. The van der Waals surface area contributed by atoms with Crippen LogP contribution in [0.3, 0.4) is 0 Å². The Balaban J connectivity index is 1.40. The summed E-state index contributed by atoms with van der Waals surface area (Å²) in [6, 6.07) is 10.1. The molecule has 0 radical (unpaired) electrons. The quantitative estimate of drug-likeness (QED) is 0.916. The van der Waals surface area contributed by atoms with Crippen molar-refractivity contribution in [1.29, 1.82) is 0 Å². The molecule has 2 saturated heterocycles. The van der Waals surface area contributed by atoms with Crippen LogP contribution in [-0.2, 0) is 11.3 Å². The van der Waals surface area contributed by atoms with Gasteiger partial charge in [0.1, 0.15) is 6.61 Å². The molecular formula is C20H27NO3. The van der Waals surface area contributed by atoms with Crippen molar-refractivity contribution in [3.63, 3.8) is 0 Å². The van der Waals surface area contributed by atoms with Crippen LogP contribution >= 0.6 is 0 Å². The van der Waals surface area contributed by atoms with Crippen molar-refractivity contribution >= 4 is 6.09 Å². The van der Waals surface area contributed by atoms with E-state index in [4.69, 9.17) is 4.74 Å². The summed E-state index contributed by atoms with van der Waals surface area (Å²) in [5.41, 5.74) is 0.455. The van der Waals surface area contributed by atoms with Gasteiger partial charge in [-0.25, -0.2) is 4.79 Å². The van der Waals surface area contributed by atoms with E-state index in [1.165, 1.54) is 12.8 Å². The maximum atomic E-state index is 12.6. The maximum absolute atomic E-state index is 12.6. The summed E-state index contributed by atoms with van der Waals surface area (Å²) in [5.74, 6) is 0.433. The molecule has 2 aliphatic heterocycles. The van der Waals surface area contributed by atoms with Crippen molar-refractivity contribution in [2.24, 2.45) is 5.92 Å². The van der Waals surface area contributed by atoms with E-state index in [-0.39, 0.29) is 18.2 Å². The second-order valence-corrected chi connectivity index (χ2v) is 7.83. The Morgan fingerprint density at radius 3 is 2.33 bits per heavy atom. The second kappa shape index (κ2) is 6.40. The van der Waals surface area contributed by atoms with Gasteiger partial charge in [-0.15, -0.1) is 0 Å². The van der Waals surface area contributed by atoms with Crippen molar-refractivity contribution in [3.8, 4) is 0 Å². The highest BCUT2D eigenvalue weighted by Crippen LogP contribution is 2.48. The van der Waals surface area contributed by atoms with Crippen LogP contribution in [0.25, 0.3) is 0 Å². The number of ether oxygens (including phenoxy) is 1. The molecule has 4 heteroatoms. The average Bonchev–Trinajstić information content (AvgIpc) is 3.22. The van der Waals surface area contributed by atoms with Gasteiger partial charge in [0.15, 0.2) is 0 Å². The molecular weight excluding hydrogens is 302 g/mol. The number of hydrogen-bond donors (Lipinski definition) is 1. The van der Waals surface area contributed by atoms with Crippen molar-refractivity contribution in [2.45, 2.75) is 75.7 Å². The zero-order valence-corrected chi connectivity index (χ0v) is 14.2. The van der Waals surface area contributed by atoms with Gasteiger partial charge in [0.2, 0.25) is 0 Å². The molecule has 1 saturated carbocycles. The predicted octanol–water partition coefficient (Wildman–Crippen LogP) is 3.87. The maximum Gasteiger partial charge on any atom is 0.410 e. The van der Waals surface area contributed by atoms with Crippen LogP contribution in [0.15, 0.2) is 30.3 Å². The Morgan fingerprint density at radius 2 is 1.71 bits per heavy atom. The Morgan fingerprint density at radius 1 is 1.08 bits per heavy atom. The fraction of sp³-hybridized carbons (Fsp3) is 0.650. The largest absolute Gasteiger partial charge is 0.445 e. The fourth-order valence-electron chi connectivity index (χ4n) is 5.15. The molecule has 130 valence electrons. The van der Waals surface area contributed by atoms with Crippen molar-refractivity contribution < 1.29 is 14.6 Å². The molecule has 2 atom stereocenters. The Hall–Kier alpha value is -1.55. The number of amides is 1. The smallest absolute Gasteiger partial charge is 0.410 e.